The summed E-state index contributed by atoms with van der Waals surface area (Å²) in [6.07, 6.45) is -0.0709. The van der Waals surface area contributed by atoms with E-state index in [4.69, 9.17) is 4.74 Å². The molecular weight excluding hydrogens is 262 g/mol. The molecule has 6 nitrogen and oxygen atoms in total. The van der Waals surface area contributed by atoms with Crippen molar-refractivity contribution in [3.63, 3.8) is 0 Å². The molecule has 2 rings (SSSR count). The molecule has 0 spiro atoms. The molecule has 1 aromatic rings. The molecule has 6 heteroatoms. The zero-order valence-electron chi connectivity index (χ0n) is 11.0. The van der Waals surface area contributed by atoms with E-state index in [1.807, 2.05) is 0 Å². The van der Waals surface area contributed by atoms with E-state index in [2.05, 4.69) is 0 Å². The van der Waals surface area contributed by atoms with Crippen LogP contribution in [-0.4, -0.2) is 58.9 Å². The number of ether oxygens (including phenoxy) is 1. The van der Waals surface area contributed by atoms with E-state index in [0.717, 1.165) is 0 Å². The summed E-state index contributed by atoms with van der Waals surface area (Å²) in [6, 6.07) is 8.82. The summed E-state index contributed by atoms with van der Waals surface area (Å²) < 4.78 is 5.18. The first-order valence-corrected chi connectivity index (χ1v) is 6.41. The van der Waals surface area contributed by atoms with Gasteiger partial charge in [-0.05, 0) is 5.56 Å². The van der Waals surface area contributed by atoms with Crippen LogP contribution in [0, 0.1) is 0 Å². The van der Waals surface area contributed by atoms with Crippen molar-refractivity contribution in [1.29, 1.82) is 0 Å². The SMILES string of the molecule is O=C(O)C(Cc1ccccc1)(C(=O)O)N1CCOCC1. The molecule has 20 heavy (non-hydrogen) atoms. The number of aliphatic carboxylic acids is 2. The molecule has 1 heterocycles. The second kappa shape index (κ2) is 6.02. The van der Waals surface area contributed by atoms with Crippen LogP contribution in [0.3, 0.4) is 0 Å². The van der Waals surface area contributed by atoms with Gasteiger partial charge in [-0.3, -0.25) is 4.90 Å². The lowest BCUT2D eigenvalue weighted by molar-refractivity contribution is -0.171. The number of carbonyl (C=O) groups is 2. The summed E-state index contributed by atoms with van der Waals surface area (Å²) in [5, 5.41) is 19.1. The average Bonchev–Trinajstić information content (AvgIpc) is 2.46. The van der Waals surface area contributed by atoms with Gasteiger partial charge in [-0.15, -0.1) is 0 Å². The molecule has 0 aliphatic carbocycles. The number of benzene rings is 1. The normalized spacial score (nSPS) is 16.8. The smallest absolute Gasteiger partial charge is 0.336 e. The molecule has 0 atom stereocenters. The molecule has 0 unspecified atom stereocenters. The lowest BCUT2D eigenvalue weighted by Crippen LogP contribution is -2.64. The van der Waals surface area contributed by atoms with Gasteiger partial charge in [0.05, 0.1) is 13.2 Å². The Hall–Kier alpha value is -1.92. The monoisotopic (exact) mass is 279 g/mol. The summed E-state index contributed by atoms with van der Waals surface area (Å²) in [5.74, 6) is -2.67. The maximum atomic E-state index is 11.7. The van der Waals surface area contributed by atoms with Crippen molar-refractivity contribution in [2.45, 2.75) is 12.0 Å². The number of nitrogens with zero attached hydrogens (tertiary/aromatic N) is 1. The highest BCUT2D eigenvalue weighted by Gasteiger charge is 2.52. The average molecular weight is 279 g/mol. The summed E-state index contributed by atoms with van der Waals surface area (Å²) in [7, 11) is 0. The van der Waals surface area contributed by atoms with Gasteiger partial charge in [-0.25, -0.2) is 9.59 Å². The van der Waals surface area contributed by atoms with Crippen molar-refractivity contribution in [3.05, 3.63) is 35.9 Å². The van der Waals surface area contributed by atoms with Crippen molar-refractivity contribution < 1.29 is 24.5 Å². The van der Waals surface area contributed by atoms with E-state index >= 15 is 0 Å². The van der Waals surface area contributed by atoms with Gasteiger partial charge in [0.15, 0.2) is 0 Å². The summed E-state index contributed by atoms with van der Waals surface area (Å²) in [4.78, 5) is 24.9. The van der Waals surface area contributed by atoms with Gasteiger partial charge >= 0.3 is 11.9 Å². The molecule has 108 valence electrons. The van der Waals surface area contributed by atoms with E-state index in [9.17, 15) is 19.8 Å². The Morgan fingerprint density at radius 3 is 2.15 bits per heavy atom. The summed E-state index contributed by atoms with van der Waals surface area (Å²) in [6.45, 7) is 1.28. The number of carboxylic acid groups (broad SMARTS) is 2. The highest BCUT2D eigenvalue weighted by atomic mass is 16.5. The lowest BCUT2D eigenvalue weighted by Gasteiger charge is -2.39. The number of hydrogen-bond donors (Lipinski definition) is 2. The molecule has 2 N–H and O–H groups in total. The largest absolute Gasteiger partial charge is 0.479 e. The minimum atomic E-state index is -1.94. The maximum Gasteiger partial charge on any atom is 0.336 e. The molecule has 0 amide bonds. The zero-order valence-corrected chi connectivity index (χ0v) is 11.0. The van der Waals surface area contributed by atoms with Crippen molar-refractivity contribution in [1.82, 2.24) is 4.90 Å². The van der Waals surface area contributed by atoms with Crippen LogP contribution in [-0.2, 0) is 20.7 Å². The van der Waals surface area contributed by atoms with Crippen molar-refractivity contribution >= 4 is 11.9 Å². The van der Waals surface area contributed by atoms with E-state index in [-0.39, 0.29) is 6.42 Å². The minimum Gasteiger partial charge on any atom is -0.479 e. The molecule has 1 aliphatic heterocycles. The van der Waals surface area contributed by atoms with Gasteiger partial charge < -0.3 is 14.9 Å². The Bertz CT molecular complexity index is 468. The van der Waals surface area contributed by atoms with E-state index in [1.165, 1.54) is 4.90 Å². The zero-order chi connectivity index (χ0) is 14.6. The Morgan fingerprint density at radius 1 is 1.10 bits per heavy atom. The molecular formula is C14H17NO5. The third-order valence-electron chi connectivity index (χ3n) is 3.56. The molecule has 0 bridgehead atoms. The van der Waals surface area contributed by atoms with Crippen molar-refractivity contribution in [2.75, 3.05) is 26.3 Å². The lowest BCUT2D eigenvalue weighted by atomic mass is 9.88. The fraction of sp³-hybridized carbons (Fsp3) is 0.429. The number of carboxylic acids is 2. The van der Waals surface area contributed by atoms with Crippen LogP contribution >= 0.6 is 0 Å². The van der Waals surface area contributed by atoms with Crippen molar-refractivity contribution in [2.24, 2.45) is 0 Å². The van der Waals surface area contributed by atoms with Gasteiger partial charge in [0.25, 0.3) is 0 Å². The molecule has 1 aromatic carbocycles. The summed E-state index contributed by atoms with van der Waals surface area (Å²) in [5.41, 5.74) is -1.26. The van der Waals surface area contributed by atoms with Crippen LogP contribution in [0.1, 0.15) is 5.56 Å². The van der Waals surface area contributed by atoms with E-state index < -0.39 is 17.5 Å². The second-order valence-corrected chi connectivity index (χ2v) is 4.73. The van der Waals surface area contributed by atoms with Gasteiger partial charge in [0.2, 0.25) is 5.54 Å². The first-order valence-electron chi connectivity index (χ1n) is 6.41. The van der Waals surface area contributed by atoms with Gasteiger partial charge in [-0.1, -0.05) is 30.3 Å². The van der Waals surface area contributed by atoms with E-state index in [1.54, 1.807) is 30.3 Å². The molecule has 0 radical (unpaired) electrons. The molecule has 1 fully saturated rings. The first-order chi connectivity index (χ1) is 9.57. The van der Waals surface area contributed by atoms with Gasteiger partial charge in [-0.2, -0.15) is 0 Å². The third-order valence-corrected chi connectivity index (χ3v) is 3.56. The highest BCUT2D eigenvalue weighted by molar-refractivity contribution is 6.03. The molecule has 0 aromatic heterocycles. The third kappa shape index (κ3) is 2.66. The quantitative estimate of drug-likeness (QED) is 0.762. The summed E-state index contributed by atoms with van der Waals surface area (Å²) >= 11 is 0. The van der Waals surface area contributed by atoms with Crippen LogP contribution in [0.4, 0.5) is 0 Å². The first kappa shape index (κ1) is 14.5. The van der Waals surface area contributed by atoms with Crippen LogP contribution in [0.5, 0.6) is 0 Å². The number of morpholine rings is 1. The fourth-order valence-corrected chi connectivity index (χ4v) is 2.46. The Kier molecular flexibility index (Phi) is 4.36. The number of hydrogen-bond acceptors (Lipinski definition) is 4. The topological polar surface area (TPSA) is 87.1 Å². The second-order valence-electron chi connectivity index (χ2n) is 4.73. The van der Waals surface area contributed by atoms with Gasteiger partial charge in [0, 0.05) is 19.5 Å². The maximum absolute atomic E-state index is 11.7. The van der Waals surface area contributed by atoms with Crippen LogP contribution in [0.2, 0.25) is 0 Å². The molecule has 1 saturated heterocycles. The van der Waals surface area contributed by atoms with Crippen molar-refractivity contribution in [3.8, 4) is 0 Å². The Labute approximate surface area is 116 Å². The van der Waals surface area contributed by atoms with Crippen LogP contribution in [0.25, 0.3) is 0 Å². The predicted molar refractivity (Wildman–Crippen MR) is 70.5 cm³/mol. The highest BCUT2D eigenvalue weighted by Crippen LogP contribution is 2.24. The van der Waals surface area contributed by atoms with Gasteiger partial charge in [0.1, 0.15) is 0 Å². The predicted octanol–water partition coefficient (Wildman–Crippen LogP) is 0.469. The fourth-order valence-electron chi connectivity index (χ4n) is 2.46. The van der Waals surface area contributed by atoms with Crippen LogP contribution < -0.4 is 0 Å². The molecule has 1 aliphatic rings. The Balaban J connectivity index is 2.36. The molecule has 0 saturated carbocycles. The Morgan fingerprint density at radius 2 is 1.65 bits per heavy atom. The van der Waals surface area contributed by atoms with Crippen LogP contribution in [0.15, 0.2) is 30.3 Å². The minimum absolute atomic E-state index is 0.0709. The standard InChI is InChI=1S/C14H17NO5/c16-12(17)14(13(18)19,15-6-8-20-9-7-15)10-11-4-2-1-3-5-11/h1-5H,6-10H2,(H,16,17)(H,18,19). The van der Waals surface area contributed by atoms with E-state index in [0.29, 0.717) is 31.9 Å². The number of rotatable bonds is 5.